The molecule has 2 N–H and O–H groups in total. The van der Waals surface area contributed by atoms with Gasteiger partial charge in [0.2, 0.25) is 5.91 Å². The van der Waals surface area contributed by atoms with E-state index < -0.39 is 36.4 Å². The number of amides is 4. The van der Waals surface area contributed by atoms with Gasteiger partial charge in [-0.2, -0.15) is 0 Å². The molecule has 1 unspecified atom stereocenters. The summed E-state index contributed by atoms with van der Waals surface area (Å²) in [6, 6.07) is 13.5. The normalized spacial score (nSPS) is 15.9. The maximum absolute atomic E-state index is 12.5. The van der Waals surface area contributed by atoms with Crippen molar-refractivity contribution in [1.82, 2.24) is 10.2 Å². The number of nitrogens with one attached hydrogen (secondary N) is 2. The lowest BCUT2D eigenvalue weighted by atomic mass is 10.1. The fraction of sp³-hybridized carbons (Fsp3) is 0.200. The molecule has 0 radical (unpaired) electrons. The summed E-state index contributed by atoms with van der Waals surface area (Å²) in [6.07, 6.45) is 0. The van der Waals surface area contributed by atoms with Gasteiger partial charge < -0.3 is 15.4 Å². The van der Waals surface area contributed by atoms with Gasteiger partial charge in [-0.15, -0.1) is 0 Å². The Kier molecular flexibility index (Phi) is 5.69. The molecule has 0 aromatic heterocycles. The van der Waals surface area contributed by atoms with E-state index in [-0.39, 0.29) is 6.61 Å². The lowest BCUT2D eigenvalue weighted by molar-refractivity contribution is -0.130. The SMILES string of the molecule is CCOC(=O)c1ccc(NC(=O)CN2C(=O)NC(c3ccccc3)C2=O)cc1. The van der Waals surface area contributed by atoms with Gasteiger partial charge in [0.15, 0.2) is 0 Å². The van der Waals surface area contributed by atoms with Gasteiger partial charge in [-0.3, -0.25) is 14.5 Å². The number of anilines is 1. The van der Waals surface area contributed by atoms with Crippen LogP contribution in [0.5, 0.6) is 0 Å². The van der Waals surface area contributed by atoms with Crippen LogP contribution in [0.3, 0.4) is 0 Å². The molecule has 1 heterocycles. The summed E-state index contributed by atoms with van der Waals surface area (Å²) in [5, 5.41) is 5.17. The van der Waals surface area contributed by atoms with Gasteiger partial charge in [0.1, 0.15) is 12.6 Å². The molecule has 144 valence electrons. The molecule has 2 aromatic rings. The molecule has 0 bridgehead atoms. The van der Waals surface area contributed by atoms with Crippen LogP contribution in [0.15, 0.2) is 54.6 Å². The Morgan fingerprint density at radius 2 is 1.75 bits per heavy atom. The lowest BCUT2D eigenvalue weighted by Gasteiger charge is -2.13. The fourth-order valence-electron chi connectivity index (χ4n) is 2.79. The van der Waals surface area contributed by atoms with Crippen molar-refractivity contribution in [3.05, 3.63) is 65.7 Å². The number of carbonyl (C=O) groups is 4. The Hall–Kier alpha value is -3.68. The van der Waals surface area contributed by atoms with Gasteiger partial charge in [-0.1, -0.05) is 30.3 Å². The first-order chi connectivity index (χ1) is 13.5. The quantitative estimate of drug-likeness (QED) is 0.589. The molecule has 3 rings (SSSR count). The number of rotatable bonds is 6. The summed E-state index contributed by atoms with van der Waals surface area (Å²) in [7, 11) is 0. The first kappa shape index (κ1) is 19.1. The molecular formula is C20H19N3O5. The number of nitrogens with zero attached hydrogens (tertiary/aromatic N) is 1. The second-order valence-electron chi connectivity index (χ2n) is 6.06. The molecule has 0 aliphatic carbocycles. The molecule has 8 heteroatoms. The number of hydrogen-bond acceptors (Lipinski definition) is 5. The van der Waals surface area contributed by atoms with Crippen molar-refractivity contribution < 1.29 is 23.9 Å². The van der Waals surface area contributed by atoms with Crippen molar-refractivity contribution in [2.45, 2.75) is 13.0 Å². The predicted octanol–water partition coefficient (Wildman–Crippen LogP) is 2.09. The van der Waals surface area contributed by atoms with Gasteiger partial charge in [0.05, 0.1) is 12.2 Å². The van der Waals surface area contributed by atoms with E-state index in [9.17, 15) is 19.2 Å². The minimum absolute atomic E-state index is 0.271. The molecule has 1 fully saturated rings. The van der Waals surface area contributed by atoms with E-state index in [0.29, 0.717) is 16.8 Å². The highest BCUT2D eigenvalue weighted by molar-refractivity contribution is 6.08. The van der Waals surface area contributed by atoms with Crippen LogP contribution in [0.1, 0.15) is 28.9 Å². The minimum atomic E-state index is -0.801. The van der Waals surface area contributed by atoms with Gasteiger partial charge in [-0.25, -0.2) is 9.59 Å². The molecule has 2 aromatic carbocycles. The van der Waals surface area contributed by atoms with Crippen LogP contribution < -0.4 is 10.6 Å². The van der Waals surface area contributed by atoms with E-state index in [4.69, 9.17) is 4.74 Å². The number of esters is 1. The van der Waals surface area contributed by atoms with Crippen molar-refractivity contribution in [3.8, 4) is 0 Å². The standard InChI is InChI=1S/C20H19N3O5/c1-2-28-19(26)14-8-10-15(11-9-14)21-16(24)12-23-18(25)17(22-20(23)27)13-6-4-3-5-7-13/h3-11,17H,2,12H2,1H3,(H,21,24)(H,22,27). The lowest BCUT2D eigenvalue weighted by Crippen LogP contribution is -2.38. The van der Waals surface area contributed by atoms with Crippen molar-refractivity contribution in [1.29, 1.82) is 0 Å². The Morgan fingerprint density at radius 1 is 1.07 bits per heavy atom. The summed E-state index contributed by atoms with van der Waals surface area (Å²) in [5.41, 5.74) is 1.45. The first-order valence-electron chi connectivity index (χ1n) is 8.73. The highest BCUT2D eigenvalue weighted by Crippen LogP contribution is 2.21. The monoisotopic (exact) mass is 381 g/mol. The Labute approximate surface area is 161 Å². The average Bonchev–Trinajstić information content (AvgIpc) is 2.97. The fourth-order valence-corrected chi connectivity index (χ4v) is 2.79. The predicted molar refractivity (Wildman–Crippen MR) is 100 cm³/mol. The number of ether oxygens (including phenoxy) is 1. The number of benzene rings is 2. The Bertz CT molecular complexity index is 896. The van der Waals surface area contributed by atoms with Crippen molar-refractivity contribution in [2.75, 3.05) is 18.5 Å². The summed E-state index contributed by atoms with van der Waals surface area (Å²) in [6.45, 7) is 1.57. The van der Waals surface area contributed by atoms with Gasteiger partial charge >= 0.3 is 12.0 Å². The molecule has 1 aliphatic heterocycles. The van der Waals surface area contributed by atoms with E-state index in [1.54, 1.807) is 43.3 Å². The van der Waals surface area contributed by atoms with E-state index in [2.05, 4.69) is 10.6 Å². The third kappa shape index (κ3) is 4.17. The molecule has 1 atom stereocenters. The molecule has 0 saturated carbocycles. The number of imide groups is 1. The van der Waals surface area contributed by atoms with Crippen molar-refractivity contribution in [2.24, 2.45) is 0 Å². The van der Waals surface area contributed by atoms with Crippen LogP contribution in [0.2, 0.25) is 0 Å². The minimum Gasteiger partial charge on any atom is -0.462 e. The van der Waals surface area contributed by atoms with Gasteiger partial charge in [-0.05, 0) is 36.8 Å². The Morgan fingerprint density at radius 3 is 2.39 bits per heavy atom. The Balaban J connectivity index is 1.61. The van der Waals surface area contributed by atoms with E-state index in [0.717, 1.165) is 4.90 Å². The summed E-state index contributed by atoms with van der Waals surface area (Å²) < 4.78 is 4.89. The molecule has 0 spiro atoms. The summed E-state index contributed by atoms with van der Waals surface area (Å²) in [4.78, 5) is 49.3. The van der Waals surface area contributed by atoms with Crippen LogP contribution in [-0.4, -0.2) is 41.9 Å². The average molecular weight is 381 g/mol. The zero-order chi connectivity index (χ0) is 20.1. The van der Waals surface area contributed by atoms with Crippen LogP contribution in [-0.2, 0) is 14.3 Å². The smallest absolute Gasteiger partial charge is 0.338 e. The molecule has 1 saturated heterocycles. The summed E-state index contributed by atoms with van der Waals surface area (Å²) >= 11 is 0. The van der Waals surface area contributed by atoms with Gasteiger partial charge in [0, 0.05) is 5.69 Å². The molecule has 8 nitrogen and oxygen atoms in total. The topological polar surface area (TPSA) is 105 Å². The number of urea groups is 1. The van der Waals surface area contributed by atoms with E-state index >= 15 is 0 Å². The number of hydrogen-bond donors (Lipinski definition) is 2. The van der Waals surface area contributed by atoms with Crippen LogP contribution >= 0.6 is 0 Å². The first-order valence-corrected chi connectivity index (χ1v) is 8.73. The highest BCUT2D eigenvalue weighted by Gasteiger charge is 2.39. The second kappa shape index (κ2) is 8.34. The molecule has 28 heavy (non-hydrogen) atoms. The zero-order valence-electron chi connectivity index (χ0n) is 15.2. The molecule has 1 aliphatic rings. The zero-order valence-corrected chi connectivity index (χ0v) is 15.2. The molecular weight excluding hydrogens is 362 g/mol. The highest BCUT2D eigenvalue weighted by atomic mass is 16.5. The third-order valence-corrected chi connectivity index (χ3v) is 4.14. The van der Waals surface area contributed by atoms with E-state index in [1.807, 2.05) is 6.07 Å². The second-order valence-corrected chi connectivity index (χ2v) is 6.06. The maximum Gasteiger partial charge on any atom is 0.338 e. The summed E-state index contributed by atoms with van der Waals surface area (Å²) in [5.74, 6) is -1.46. The van der Waals surface area contributed by atoms with Crippen LogP contribution in [0, 0.1) is 0 Å². The van der Waals surface area contributed by atoms with Crippen molar-refractivity contribution >= 4 is 29.5 Å². The van der Waals surface area contributed by atoms with Crippen molar-refractivity contribution in [3.63, 3.8) is 0 Å². The van der Waals surface area contributed by atoms with Crippen LogP contribution in [0.25, 0.3) is 0 Å². The van der Waals surface area contributed by atoms with Crippen LogP contribution in [0.4, 0.5) is 10.5 Å². The third-order valence-electron chi connectivity index (χ3n) is 4.14. The number of carbonyl (C=O) groups excluding carboxylic acids is 4. The van der Waals surface area contributed by atoms with E-state index in [1.165, 1.54) is 12.1 Å². The maximum atomic E-state index is 12.5. The largest absolute Gasteiger partial charge is 0.462 e. The molecule has 4 amide bonds. The van der Waals surface area contributed by atoms with Gasteiger partial charge in [0.25, 0.3) is 5.91 Å².